The zero-order valence-electron chi connectivity index (χ0n) is 13.0. The molecule has 0 saturated heterocycles. The van der Waals surface area contributed by atoms with Gasteiger partial charge in [-0.15, -0.1) is 0 Å². The monoisotopic (exact) mass is 377 g/mol. The van der Waals surface area contributed by atoms with Gasteiger partial charge in [0.25, 0.3) is 0 Å². The highest BCUT2D eigenvalue weighted by atomic mass is 79.9. The maximum atomic E-state index is 12.3. The van der Waals surface area contributed by atoms with Gasteiger partial charge in [-0.2, -0.15) is 12.7 Å². The fourth-order valence-corrected chi connectivity index (χ4v) is 3.93. The molecule has 0 fully saturated rings. The second kappa shape index (κ2) is 8.12. The molecular formula is C14H24BrN3O2S. The summed E-state index contributed by atoms with van der Waals surface area (Å²) in [7, 11) is -1.94. The summed E-state index contributed by atoms with van der Waals surface area (Å²) in [6.45, 7) is 8.07. The summed E-state index contributed by atoms with van der Waals surface area (Å²) in [5.41, 5.74) is 2.58. The highest BCUT2D eigenvalue weighted by Gasteiger charge is 2.19. The Hall–Kier alpha value is -0.630. The van der Waals surface area contributed by atoms with Gasteiger partial charge in [0.2, 0.25) is 0 Å². The fraction of sp³-hybridized carbons (Fsp3) is 0.571. The number of hydrogen-bond acceptors (Lipinski definition) is 3. The Morgan fingerprint density at radius 3 is 2.52 bits per heavy atom. The van der Waals surface area contributed by atoms with E-state index >= 15 is 0 Å². The molecule has 1 aromatic carbocycles. The van der Waals surface area contributed by atoms with Crippen LogP contribution in [-0.4, -0.2) is 39.4 Å². The molecule has 0 amide bonds. The molecule has 21 heavy (non-hydrogen) atoms. The summed E-state index contributed by atoms with van der Waals surface area (Å²) in [6.07, 6.45) is 0.777. The second-order valence-corrected chi connectivity index (χ2v) is 7.71. The van der Waals surface area contributed by atoms with Gasteiger partial charge < -0.3 is 5.32 Å². The SMILES string of the molecule is CCNCCCN(C)S(=O)(=O)Nc1c(C)cc(C)cc1Br. The van der Waals surface area contributed by atoms with E-state index < -0.39 is 10.2 Å². The lowest BCUT2D eigenvalue weighted by Crippen LogP contribution is -2.34. The third-order valence-electron chi connectivity index (χ3n) is 3.15. The van der Waals surface area contributed by atoms with Crippen molar-refractivity contribution in [3.63, 3.8) is 0 Å². The van der Waals surface area contributed by atoms with Crippen LogP contribution in [0, 0.1) is 13.8 Å². The number of aryl methyl sites for hydroxylation is 2. The van der Waals surface area contributed by atoms with E-state index in [1.807, 2.05) is 32.9 Å². The highest BCUT2D eigenvalue weighted by Crippen LogP contribution is 2.28. The van der Waals surface area contributed by atoms with E-state index in [0.717, 1.165) is 35.1 Å². The van der Waals surface area contributed by atoms with E-state index in [2.05, 4.69) is 26.0 Å². The largest absolute Gasteiger partial charge is 0.317 e. The van der Waals surface area contributed by atoms with Gasteiger partial charge in [-0.3, -0.25) is 4.72 Å². The first-order chi connectivity index (χ1) is 9.77. The van der Waals surface area contributed by atoms with Crippen LogP contribution in [0.1, 0.15) is 24.5 Å². The van der Waals surface area contributed by atoms with Crippen LogP contribution >= 0.6 is 15.9 Å². The average Bonchev–Trinajstić information content (AvgIpc) is 2.38. The highest BCUT2D eigenvalue weighted by molar-refractivity contribution is 9.10. The van der Waals surface area contributed by atoms with Crippen LogP contribution in [0.25, 0.3) is 0 Å². The Balaban J connectivity index is 2.76. The lowest BCUT2D eigenvalue weighted by molar-refractivity contribution is 0.459. The van der Waals surface area contributed by atoms with Crippen LogP contribution < -0.4 is 10.0 Å². The maximum absolute atomic E-state index is 12.3. The average molecular weight is 378 g/mol. The summed E-state index contributed by atoms with van der Waals surface area (Å²) in [5.74, 6) is 0. The molecule has 0 atom stereocenters. The zero-order valence-corrected chi connectivity index (χ0v) is 15.4. The molecular weight excluding hydrogens is 354 g/mol. The van der Waals surface area contributed by atoms with E-state index in [9.17, 15) is 8.42 Å². The standard InChI is InChI=1S/C14H24BrN3O2S/c1-5-16-7-6-8-18(4)21(19,20)17-14-12(3)9-11(2)10-13(14)15/h9-10,16-17H,5-8H2,1-4H3. The molecule has 1 aromatic rings. The number of rotatable bonds is 8. The van der Waals surface area contributed by atoms with Crippen LogP contribution in [0.15, 0.2) is 16.6 Å². The first-order valence-corrected chi connectivity index (χ1v) is 9.22. The summed E-state index contributed by atoms with van der Waals surface area (Å²) < 4.78 is 29.4. The summed E-state index contributed by atoms with van der Waals surface area (Å²) in [5, 5.41) is 3.18. The van der Waals surface area contributed by atoms with Crippen LogP contribution in [0.3, 0.4) is 0 Å². The Bertz CT molecular complexity index is 553. The second-order valence-electron chi connectivity index (χ2n) is 5.07. The van der Waals surface area contributed by atoms with Gasteiger partial charge in [-0.05, 0) is 66.5 Å². The fourth-order valence-electron chi connectivity index (χ4n) is 1.98. The molecule has 7 heteroatoms. The van der Waals surface area contributed by atoms with Crippen molar-refractivity contribution in [3.8, 4) is 0 Å². The van der Waals surface area contributed by atoms with Crippen LogP contribution in [-0.2, 0) is 10.2 Å². The molecule has 0 radical (unpaired) electrons. The predicted molar refractivity (Wildman–Crippen MR) is 91.9 cm³/mol. The first-order valence-electron chi connectivity index (χ1n) is 6.99. The number of hydrogen-bond donors (Lipinski definition) is 2. The molecule has 5 nitrogen and oxygen atoms in total. The van der Waals surface area contributed by atoms with Crippen molar-refractivity contribution in [1.29, 1.82) is 0 Å². The normalized spacial score (nSPS) is 11.9. The molecule has 0 spiro atoms. The Labute approximate surface area is 136 Å². The van der Waals surface area contributed by atoms with Crippen molar-refractivity contribution in [3.05, 3.63) is 27.7 Å². The maximum Gasteiger partial charge on any atom is 0.301 e. The molecule has 2 N–H and O–H groups in total. The smallest absolute Gasteiger partial charge is 0.301 e. The number of nitrogens with zero attached hydrogens (tertiary/aromatic N) is 1. The molecule has 1 rings (SSSR count). The van der Waals surface area contributed by atoms with Crippen molar-refractivity contribution in [2.75, 3.05) is 31.4 Å². The molecule has 0 bridgehead atoms. The lowest BCUT2D eigenvalue weighted by Gasteiger charge is -2.20. The predicted octanol–water partition coefficient (Wildman–Crippen LogP) is 2.65. The van der Waals surface area contributed by atoms with Crippen LogP contribution in [0.5, 0.6) is 0 Å². The quantitative estimate of drug-likeness (QED) is 0.684. The van der Waals surface area contributed by atoms with E-state index in [0.29, 0.717) is 12.2 Å². The van der Waals surface area contributed by atoms with Gasteiger partial charge in [0, 0.05) is 18.1 Å². The van der Waals surface area contributed by atoms with Crippen molar-refractivity contribution in [1.82, 2.24) is 9.62 Å². The van der Waals surface area contributed by atoms with Gasteiger partial charge in [-0.1, -0.05) is 13.0 Å². The third kappa shape index (κ3) is 5.58. The van der Waals surface area contributed by atoms with Crippen molar-refractivity contribution >= 4 is 31.8 Å². The minimum atomic E-state index is -3.53. The topological polar surface area (TPSA) is 61.4 Å². The molecule has 0 aromatic heterocycles. The van der Waals surface area contributed by atoms with Crippen molar-refractivity contribution < 1.29 is 8.42 Å². The summed E-state index contributed by atoms with van der Waals surface area (Å²) >= 11 is 3.42. The number of halogens is 1. The van der Waals surface area contributed by atoms with Crippen molar-refractivity contribution in [2.24, 2.45) is 0 Å². The minimum Gasteiger partial charge on any atom is -0.317 e. The Morgan fingerprint density at radius 2 is 1.95 bits per heavy atom. The molecule has 0 aliphatic rings. The molecule has 120 valence electrons. The molecule has 0 unspecified atom stereocenters. The van der Waals surface area contributed by atoms with Gasteiger partial charge >= 0.3 is 10.2 Å². The summed E-state index contributed by atoms with van der Waals surface area (Å²) in [6, 6.07) is 3.85. The third-order valence-corrected chi connectivity index (χ3v) is 5.24. The van der Waals surface area contributed by atoms with E-state index in [-0.39, 0.29) is 0 Å². The number of nitrogens with one attached hydrogen (secondary N) is 2. The number of anilines is 1. The zero-order chi connectivity index (χ0) is 16.0. The minimum absolute atomic E-state index is 0.477. The lowest BCUT2D eigenvalue weighted by atomic mass is 10.1. The van der Waals surface area contributed by atoms with Crippen molar-refractivity contribution in [2.45, 2.75) is 27.2 Å². The van der Waals surface area contributed by atoms with E-state index in [1.54, 1.807) is 7.05 Å². The Kier molecular flexibility index (Phi) is 7.12. The first kappa shape index (κ1) is 18.4. The van der Waals surface area contributed by atoms with E-state index in [4.69, 9.17) is 0 Å². The van der Waals surface area contributed by atoms with Gasteiger partial charge in [-0.25, -0.2) is 0 Å². The van der Waals surface area contributed by atoms with E-state index in [1.165, 1.54) is 4.31 Å². The van der Waals surface area contributed by atoms with Gasteiger partial charge in [0.05, 0.1) is 5.69 Å². The molecule has 0 aliphatic carbocycles. The Morgan fingerprint density at radius 1 is 1.29 bits per heavy atom. The van der Waals surface area contributed by atoms with Gasteiger partial charge in [0.15, 0.2) is 0 Å². The van der Waals surface area contributed by atoms with Crippen LogP contribution in [0.4, 0.5) is 5.69 Å². The molecule has 0 aliphatic heterocycles. The number of benzene rings is 1. The van der Waals surface area contributed by atoms with Crippen LogP contribution in [0.2, 0.25) is 0 Å². The summed E-state index contributed by atoms with van der Waals surface area (Å²) in [4.78, 5) is 0. The molecule has 0 heterocycles. The molecule has 0 saturated carbocycles. The van der Waals surface area contributed by atoms with Gasteiger partial charge in [0.1, 0.15) is 0 Å².